The van der Waals surface area contributed by atoms with Gasteiger partial charge in [0.25, 0.3) is 5.91 Å². The topological polar surface area (TPSA) is 77.3 Å². The minimum Gasteiger partial charge on any atom is -0.342 e. The number of nitrogens with zero attached hydrogens (tertiary/aromatic N) is 4. The standard InChI is InChI=1S/C18H24N4O2S/c1-5-22(6-2)16(23)11-21(3)18(24)13-9-15(12-7-8-12)20-17(25-4)14(13)10-19/h9,12H,5-8,11H2,1-4H3. The van der Waals surface area contributed by atoms with Gasteiger partial charge in [0.1, 0.15) is 11.1 Å². The molecule has 25 heavy (non-hydrogen) atoms. The lowest BCUT2D eigenvalue weighted by molar-refractivity contribution is -0.131. The van der Waals surface area contributed by atoms with Crippen molar-refractivity contribution in [1.29, 1.82) is 5.26 Å². The van der Waals surface area contributed by atoms with Crippen LogP contribution in [0.1, 0.15) is 54.2 Å². The lowest BCUT2D eigenvalue weighted by Crippen LogP contribution is -2.41. The molecule has 0 saturated heterocycles. The van der Waals surface area contributed by atoms with Crippen molar-refractivity contribution in [3.63, 3.8) is 0 Å². The summed E-state index contributed by atoms with van der Waals surface area (Å²) in [5.41, 5.74) is 1.51. The van der Waals surface area contributed by atoms with Gasteiger partial charge in [-0.3, -0.25) is 9.59 Å². The molecule has 1 fully saturated rings. The summed E-state index contributed by atoms with van der Waals surface area (Å²) in [4.78, 5) is 32.8. The SMILES string of the molecule is CCN(CC)C(=O)CN(C)C(=O)c1cc(C2CC2)nc(SC)c1C#N. The van der Waals surface area contributed by atoms with Crippen molar-refractivity contribution in [2.75, 3.05) is 32.9 Å². The normalized spacial score (nSPS) is 13.2. The largest absolute Gasteiger partial charge is 0.342 e. The monoisotopic (exact) mass is 360 g/mol. The molecule has 1 heterocycles. The molecule has 1 aliphatic rings. The Morgan fingerprint density at radius 2 is 2.00 bits per heavy atom. The van der Waals surface area contributed by atoms with Gasteiger partial charge in [-0.15, -0.1) is 11.8 Å². The molecule has 0 N–H and O–H groups in total. The Hall–Kier alpha value is -2.07. The highest BCUT2D eigenvalue weighted by molar-refractivity contribution is 7.98. The predicted molar refractivity (Wildman–Crippen MR) is 97.6 cm³/mol. The van der Waals surface area contributed by atoms with Gasteiger partial charge < -0.3 is 9.80 Å². The quantitative estimate of drug-likeness (QED) is 0.698. The third kappa shape index (κ3) is 4.31. The summed E-state index contributed by atoms with van der Waals surface area (Å²) >= 11 is 1.37. The lowest BCUT2D eigenvalue weighted by Gasteiger charge is -2.23. The van der Waals surface area contributed by atoms with Crippen LogP contribution in [0.25, 0.3) is 0 Å². The molecule has 0 spiro atoms. The molecule has 1 saturated carbocycles. The van der Waals surface area contributed by atoms with E-state index in [0.29, 0.717) is 35.2 Å². The molecule has 1 aliphatic carbocycles. The summed E-state index contributed by atoms with van der Waals surface area (Å²) in [6.07, 6.45) is 3.98. The van der Waals surface area contributed by atoms with Crippen LogP contribution in [0.4, 0.5) is 0 Å². The number of hydrogen-bond donors (Lipinski definition) is 0. The zero-order valence-electron chi connectivity index (χ0n) is 15.2. The van der Waals surface area contributed by atoms with Crippen LogP contribution in [0.5, 0.6) is 0 Å². The number of likely N-dealkylation sites (N-methyl/N-ethyl adjacent to an activating group) is 2. The Morgan fingerprint density at radius 1 is 1.36 bits per heavy atom. The predicted octanol–water partition coefficient (Wildman–Crippen LogP) is 2.49. The highest BCUT2D eigenvalue weighted by atomic mass is 32.2. The average molecular weight is 360 g/mol. The van der Waals surface area contributed by atoms with E-state index in [2.05, 4.69) is 11.1 Å². The van der Waals surface area contributed by atoms with Crippen molar-refractivity contribution in [3.8, 4) is 6.07 Å². The zero-order chi connectivity index (χ0) is 18.6. The van der Waals surface area contributed by atoms with E-state index in [1.807, 2.05) is 20.1 Å². The molecule has 2 rings (SSSR count). The van der Waals surface area contributed by atoms with Gasteiger partial charge in [0.15, 0.2) is 0 Å². The molecule has 134 valence electrons. The van der Waals surface area contributed by atoms with Crippen molar-refractivity contribution in [1.82, 2.24) is 14.8 Å². The maximum atomic E-state index is 12.9. The highest BCUT2D eigenvalue weighted by Crippen LogP contribution is 2.40. The Kier molecular flexibility index (Phi) is 6.43. The fourth-order valence-electron chi connectivity index (χ4n) is 2.71. The zero-order valence-corrected chi connectivity index (χ0v) is 16.0. The van der Waals surface area contributed by atoms with Gasteiger partial charge in [0.05, 0.1) is 17.7 Å². The van der Waals surface area contributed by atoms with E-state index in [1.54, 1.807) is 18.0 Å². The molecule has 0 atom stereocenters. The molecular formula is C18H24N4O2S. The lowest BCUT2D eigenvalue weighted by atomic mass is 10.1. The number of hydrogen-bond acceptors (Lipinski definition) is 5. The first-order valence-corrected chi connectivity index (χ1v) is 9.71. The van der Waals surface area contributed by atoms with Crippen LogP contribution in [-0.4, -0.2) is 59.5 Å². The highest BCUT2D eigenvalue weighted by Gasteiger charge is 2.29. The number of carbonyl (C=O) groups is 2. The van der Waals surface area contributed by atoms with Crippen molar-refractivity contribution in [3.05, 3.63) is 22.9 Å². The van der Waals surface area contributed by atoms with Crippen molar-refractivity contribution in [2.45, 2.75) is 37.6 Å². The molecule has 0 aliphatic heterocycles. The van der Waals surface area contributed by atoms with E-state index in [1.165, 1.54) is 16.7 Å². The number of carbonyl (C=O) groups excluding carboxylic acids is 2. The first-order valence-electron chi connectivity index (χ1n) is 8.48. The van der Waals surface area contributed by atoms with Crippen LogP contribution < -0.4 is 0 Å². The maximum Gasteiger partial charge on any atom is 0.255 e. The Labute approximate surface area is 153 Å². The number of aromatic nitrogens is 1. The van der Waals surface area contributed by atoms with Gasteiger partial charge in [-0.05, 0) is 39.0 Å². The molecule has 7 heteroatoms. The molecule has 0 unspecified atom stereocenters. The molecule has 6 nitrogen and oxygen atoms in total. The summed E-state index contributed by atoms with van der Waals surface area (Å²) in [5, 5.41) is 10.1. The van der Waals surface area contributed by atoms with Crippen molar-refractivity contribution >= 4 is 23.6 Å². The summed E-state index contributed by atoms with van der Waals surface area (Å²) in [6.45, 7) is 5.04. The second-order valence-electron chi connectivity index (χ2n) is 6.09. The van der Waals surface area contributed by atoms with Gasteiger partial charge in [-0.2, -0.15) is 5.26 Å². The second kappa shape index (κ2) is 8.34. The van der Waals surface area contributed by atoms with Crippen LogP contribution in [-0.2, 0) is 4.79 Å². The minimum atomic E-state index is -0.309. The van der Waals surface area contributed by atoms with E-state index in [-0.39, 0.29) is 18.4 Å². The van der Waals surface area contributed by atoms with Crippen LogP contribution >= 0.6 is 11.8 Å². The average Bonchev–Trinajstić information content (AvgIpc) is 3.45. The smallest absolute Gasteiger partial charge is 0.255 e. The number of pyridine rings is 1. The van der Waals surface area contributed by atoms with Gasteiger partial charge >= 0.3 is 0 Å². The number of amides is 2. The van der Waals surface area contributed by atoms with Crippen LogP contribution in [0.15, 0.2) is 11.1 Å². The molecule has 0 bridgehead atoms. The Morgan fingerprint density at radius 3 is 2.48 bits per heavy atom. The van der Waals surface area contributed by atoms with Crippen molar-refractivity contribution < 1.29 is 9.59 Å². The molecule has 0 aromatic carbocycles. The summed E-state index contributed by atoms with van der Waals surface area (Å²) in [6, 6.07) is 3.84. The third-order valence-corrected chi connectivity index (χ3v) is 5.05. The molecular weight excluding hydrogens is 336 g/mol. The summed E-state index contributed by atoms with van der Waals surface area (Å²) < 4.78 is 0. The van der Waals surface area contributed by atoms with Gasteiger partial charge in [0.2, 0.25) is 5.91 Å². The Balaban J connectivity index is 2.29. The van der Waals surface area contributed by atoms with Crippen molar-refractivity contribution in [2.24, 2.45) is 0 Å². The number of rotatable bonds is 7. The van der Waals surface area contributed by atoms with E-state index in [4.69, 9.17) is 0 Å². The summed E-state index contributed by atoms with van der Waals surface area (Å²) in [7, 11) is 1.60. The van der Waals surface area contributed by atoms with E-state index < -0.39 is 0 Å². The number of nitriles is 1. The van der Waals surface area contributed by atoms with Crippen LogP contribution in [0.2, 0.25) is 0 Å². The fourth-order valence-corrected chi connectivity index (χ4v) is 3.27. The minimum absolute atomic E-state index is 0.00106. The second-order valence-corrected chi connectivity index (χ2v) is 6.89. The van der Waals surface area contributed by atoms with E-state index in [0.717, 1.165) is 18.5 Å². The van der Waals surface area contributed by atoms with E-state index >= 15 is 0 Å². The molecule has 0 radical (unpaired) electrons. The van der Waals surface area contributed by atoms with Crippen LogP contribution in [0.3, 0.4) is 0 Å². The van der Waals surface area contributed by atoms with Gasteiger partial charge in [-0.1, -0.05) is 0 Å². The maximum absolute atomic E-state index is 12.9. The van der Waals surface area contributed by atoms with Gasteiger partial charge in [-0.25, -0.2) is 4.98 Å². The molecule has 1 aromatic heterocycles. The first kappa shape index (κ1) is 19.3. The van der Waals surface area contributed by atoms with E-state index in [9.17, 15) is 14.9 Å². The Bertz CT molecular complexity index is 706. The van der Waals surface area contributed by atoms with Crippen LogP contribution in [0, 0.1) is 11.3 Å². The van der Waals surface area contributed by atoms with Gasteiger partial charge in [0, 0.05) is 31.7 Å². The summed E-state index contributed by atoms with van der Waals surface area (Å²) in [5.74, 6) is -0.0228. The molecule has 2 amide bonds. The third-order valence-electron chi connectivity index (χ3n) is 4.37. The number of thioether (sulfide) groups is 1. The first-order chi connectivity index (χ1) is 12.0. The molecule has 1 aromatic rings. The fraction of sp³-hybridized carbons (Fsp3) is 0.556.